The molecule has 3 aromatic heterocycles. The van der Waals surface area contributed by atoms with E-state index >= 15 is 0 Å². The van der Waals surface area contributed by atoms with Crippen LogP contribution in [0.4, 0.5) is 4.39 Å². The van der Waals surface area contributed by atoms with Crippen molar-refractivity contribution in [3.63, 3.8) is 0 Å². The van der Waals surface area contributed by atoms with Crippen molar-refractivity contribution in [1.82, 2.24) is 25.2 Å². The summed E-state index contributed by atoms with van der Waals surface area (Å²) in [7, 11) is 0. The van der Waals surface area contributed by atoms with Crippen LogP contribution in [-0.2, 0) is 13.1 Å². The average molecular weight is 453 g/mol. The Labute approximate surface area is 184 Å². The number of fused-ring (bicyclic) bond motifs is 1. The first-order chi connectivity index (χ1) is 15.4. The molecule has 9 nitrogen and oxygen atoms in total. The quantitative estimate of drug-likeness (QED) is 0.395. The predicted octanol–water partition coefficient (Wildman–Crippen LogP) is 2.49. The number of halogens is 1. The summed E-state index contributed by atoms with van der Waals surface area (Å²) in [4.78, 5) is 41.5. The van der Waals surface area contributed by atoms with Crippen molar-refractivity contribution < 1.29 is 23.9 Å². The summed E-state index contributed by atoms with van der Waals surface area (Å²) in [5.74, 6) is -2.41. The van der Waals surface area contributed by atoms with Crippen LogP contribution in [0.15, 0.2) is 54.7 Å². The van der Waals surface area contributed by atoms with Gasteiger partial charge in [-0.3, -0.25) is 9.59 Å². The Bertz CT molecular complexity index is 1320. The number of rotatable bonds is 7. The Hall–Kier alpha value is -4.12. The molecule has 4 rings (SSSR count). The molecule has 2 amide bonds. The van der Waals surface area contributed by atoms with Crippen LogP contribution in [0.5, 0.6) is 0 Å². The molecule has 1 aromatic carbocycles. The lowest BCUT2D eigenvalue weighted by Crippen LogP contribution is -2.28. The molecular formula is C21H16FN5O4S. The minimum Gasteiger partial charge on any atom is -0.477 e. The SMILES string of the molecule is O=C(NCc1ccc(F)cc1)c1cc(C(=O)NCc2ccc(C(=O)O)s2)n2nccc2n1. The van der Waals surface area contributed by atoms with E-state index in [1.54, 1.807) is 24.3 Å². The van der Waals surface area contributed by atoms with Gasteiger partial charge in [-0.15, -0.1) is 11.3 Å². The molecule has 0 bridgehead atoms. The van der Waals surface area contributed by atoms with Crippen LogP contribution in [0.3, 0.4) is 0 Å². The topological polar surface area (TPSA) is 126 Å². The second-order valence-corrected chi connectivity index (χ2v) is 7.86. The zero-order chi connectivity index (χ0) is 22.7. The van der Waals surface area contributed by atoms with Crippen LogP contribution >= 0.6 is 11.3 Å². The molecule has 3 N–H and O–H groups in total. The number of carboxylic acid groups (broad SMARTS) is 1. The van der Waals surface area contributed by atoms with Gasteiger partial charge in [-0.05, 0) is 29.8 Å². The Balaban J connectivity index is 1.50. The van der Waals surface area contributed by atoms with Crippen LogP contribution in [-0.4, -0.2) is 37.5 Å². The van der Waals surface area contributed by atoms with E-state index in [2.05, 4.69) is 20.7 Å². The van der Waals surface area contributed by atoms with Crippen molar-refractivity contribution >= 4 is 34.8 Å². The number of carbonyl (C=O) groups excluding carboxylic acids is 2. The molecule has 0 fully saturated rings. The van der Waals surface area contributed by atoms with Crippen LogP contribution in [0, 0.1) is 5.82 Å². The fraction of sp³-hybridized carbons (Fsp3) is 0.0952. The van der Waals surface area contributed by atoms with Gasteiger partial charge in [0, 0.05) is 23.6 Å². The number of hydrogen-bond acceptors (Lipinski definition) is 6. The lowest BCUT2D eigenvalue weighted by Gasteiger charge is -2.09. The number of aromatic nitrogens is 3. The smallest absolute Gasteiger partial charge is 0.345 e. The standard InChI is InChI=1S/C21H16FN5O4S/c22-13-3-1-12(2-4-13)10-23-19(28)15-9-16(27-18(26-15)7-8-25-27)20(29)24-11-14-5-6-17(32-14)21(30)31/h1-9H,10-11H2,(H,23,28)(H,24,29)(H,30,31). The molecule has 0 radical (unpaired) electrons. The maximum atomic E-state index is 13.0. The first-order valence-electron chi connectivity index (χ1n) is 9.38. The van der Waals surface area contributed by atoms with Crippen LogP contribution in [0.1, 0.15) is 41.1 Å². The number of hydrogen-bond donors (Lipinski definition) is 3. The number of nitrogens with zero attached hydrogens (tertiary/aromatic N) is 3. The van der Waals surface area contributed by atoms with Crippen molar-refractivity contribution in [3.05, 3.63) is 87.3 Å². The number of aromatic carboxylic acids is 1. The highest BCUT2D eigenvalue weighted by atomic mass is 32.1. The first kappa shape index (κ1) is 21.1. The highest BCUT2D eigenvalue weighted by molar-refractivity contribution is 7.13. The molecule has 0 saturated heterocycles. The lowest BCUT2D eigenvalue weighted by atomic mass is 10.2. The number of benzene rings is 1. The summed E-state index contributed by atoms with van der Waals surface area (Å²) in [5, 5.41) is 18.5. The van der Waals surface area contributed by atoms with Crippen molar-refractivity contribution in [3.8, 4) is 0 Å². The van der Waals surface area contributed by atoms with E-state index in [9.17, 15) is 18.8 Å². The molecule has 0 saturated carbocycles. The van der Waals surface area contributed by atoms with E-state index in [1.807, 2.05) is 0 Å². The molecule has 0 unspecified atom stereocenters. The maximum absolute atomic E-state index is 13.0. The lowest BCUT2D eigenvalue weighted by molar-refractivity contribution is 0.0701. The second-order valence-electron chi connectivity index (χ2n) is 6.69. The maximum Gasteiger partial charge on any atom is 0.345 e. The summed E-state index contributed by atoms with van der Waals surface area (Å²) in [5.41, 5.74) is 1.14. The van der Waals surface area contributed by atoms with E-state index in [1.165, 1.54) is 35.0 Å². The number of nitrogens with one attached hydrogen (secondary N) is 2. The van der Waals surface area contributed by atoms with E-state index < -0.39 is 17.8 Å². The zero-order valence-electron chi connectivity index (χ0n) is 16.4. The minimum atomic E-state index is -1.03. The van der Waals surface area contributed by atoms with Crippen molar-refractivity contribution in [2.45, 2.75) is 13.1 Å². The Morgan fingerprint density at radius 2 is 1.75 bits per heavy atom. The molecule has 162 valence electrons. The second kappa shape index (κ2) is 8.94. The predicted molar refractivity (Wildman–Crippen MR) is 113 cm³/mol. The third-order valence-electron chi connectivity index (χ3n) is 4.49. The fourth-order valence-corrected chi connectivity index (χ4v) is 3.70. The molecule has 3 heterocycles. The average Bonchev–Trinajstić information content (AvgIpc) is 3.45. The largest absolute Gasteiger partial charge is 0.477 e. The van der Waals surface area contributed by atoms with Gasteiger partial charge >= 0.3 is 5.97 Å². The fourth-order valence-electron chi connectivity index (χ4n) is 2.91. The minimum absolute atomic E-state index is 0.0227. The van der Waals surface area contributed by atoms with Crippen LogP contribution in [0.2, 0.25) is 0 Å². The molecule has 0 spiro atoms. The summed E-state index contributed by atoms with van der Waals surface area (Å²) in [6.07, 6.45) is 1.46. The van der Waals surface area contributed by atoms with Gasteiger partial charge < -0.3 is 15.7 Å². The van der Waals surface area contributed by atoms with E-state index in [0.717, 1.165) is 11.3 Å². The van der Waals surface area contributed by atoms with Crippen molar-refractivity contribution in [1.29, 1.82) is 0 Å². The van der Waals surface area contributed by atoms with E-state index in [-0.39, 0.29) is 35.2 Å². The summed E-state index contributed by atoms with van der Waals surface area (Å²) in [6, 6.07) is 11.7. The third kappa shape index (κ3) is 4.62. The molecule has 0 aliphatic rings. The molecular weight excluding hydrogens is 437 g/mol. The van der Waals surface area contributed by atoms with Gasteiger partial charge in [0.2, 0.25) is 0 Å². The number of amides is 2. The summed E-state index contributed by atoms with van der Waals surface area (Å²) in [6.45, 7) is 0.283. The first-order valence-corrected chi connectivity index (χ1v) is 10.2. The highest BCUT2D eigenvalue weighted by Crippen LogP contribution is 2.16. The number of carboxylic acids is 1. The zero-order valence-corrected chi connectivity index (χ0v) is 17.2. The Morgan fingerprint density at radius 3 is 2.47 bits per heavy atom. The molecule has 11 heteroatoms. The molecule has 0 atom stereocenters. The van der Waals surface area contributed by atoms with Crippen LogP contribution in [0.25, 0.3) is 5.65 Å². The van der Waals surface area contributed by atoms with Gasteiger partial charge in [0.25, 0.3) is 11.8 Å². The van der Waals surface area contributed by atoms with Gasteiger partial charge in [-0.2, -0.15) is 5.10 Å². The summed E-state index contributed by atoms with van der Waals surface area (Å²) >= 11 is 1.06. The Morgan fingerprint density at radius 1 is 1.00 bits per heavy atom. The molecule has 0 aliphatic carbocycles. The third-order valence-corrected chi connectivity index (χ3v) is 5.56. The van der Waals surface area contributed by atoms with Crippen molar-refractivity contribution in [2.75, 3.05) is 0 Å². The molecule has 0 aliphatic heterocycles. The van der Waals surface area contributed by atoms with Crippen LogP contribution < -0.4 is 10.6 Å². The highest BCUT2D eigenvalue weighted by Gasteiger charge is 2.18. The van der Waals surface area contributed by atoms with Gasteiger partial charge in [-0.1, -0.05) is 12.1 Å². The van der Waals surface area contributed by atoms with E-state index in [4.69, 9.17) is 5.11 Å². The number of carbonyl (C=O) groups is 3. The van der Waals surface area contributed by atoms with E-state index in [0.29, 0.717) is 16.1 Å². The monoisotopic (exact) mass is 453 g/mol. The molecule has 4 aromatic rings. The van der Waals surface area contributed by atoms with Crippen molar-refractivity contribution in [2.24, 2.45) is 0 Å². The summed E-state index contributed by atoms with van der Waals surface area (Å²) < 4.78 is 14.3. The van der Waals surface area contributed by atoms with Gasteiger partial charge in [-0.25, -0.2) is 18.7 Å². The number of thiophene rings is 1. The van der Waals surface area contributed by atoms with Gasteiger partial charge in [0.05, 0.1) is 12.7 Å². The normalized spacial score (nSPS) is 10.8. The van der Waals surface area contributed by atoms with Gasteiger partial charge in [0.15, 0.2) is 5.65 Å². The van der Waals surface area contributed by atoms with Gasteiger partial charge in [0.1, 0.15) is 22.1 Å². The molecule has 32 heavy (non-hydrogen) atoms. The Kier molecular flexibility index (Phi) is 5.90.